The smallest absolute Gasteiger partial charge is 0.243 e. The number of hydrogen-bond donors (Lipinski definition) is 0. The van der Waals surface area contributed by atoms with Crippen LogP contribution in [0, 0.1) is 16.7 Å². The fourth-order valence-electron chi connectivity index (χ4n) is 1.98. The van der Waals surface area contributed by atoms with Gasteiger partial charge in [-0.2, -0.15) is 5.26 Å². The van der Waals surface area contributed by atoms with Gasteiger partial charge in [-0.1, -0.05) is 13.8 Å². The van der Waals surface area contributed by atoms with Gasteiger partial charge >= 0.3 is 0 Å². The predicted octanol–water partition coefficient (Wildman–Crippen LogP) is 0.573. The van der Waals surface area contributed by atoms with E-state index in [2.05, 4.69) is 6.07 Å². The number of sulfone groups is 1. The molecule has 0 saturated carbocycles. The van der Waals surface area contributed by atoms with Gasteiger partial charge < -0.3 is 4.90 Å². The van der Waals surface area contributed by atoms with Crippen molar-refractivity contribution in [2.75, 3.05) is 24.6 Å². The van der Waals surface area contributed by atoms with Gasteiger partial charge in [0, 0.05) is 13.1 Å². The molecule has 1 saturated heterocycles. The Hall–Kier alpha value is -1.09. The minimum absolute atomic E-state index is 0.00762. The minimum Gasteiger partial charge on any atom is -0.339 e. The highest BCUT2D eigenvalue weighted by molar-refractivity contribution is 7.91. The largest absolute Gasteiger partial charge is 0.339 e. The van der Waals surface area contributed by atoms with Crippen LogP contribution in [0.5, 0.6) is 0 Å². The van der Waals surface area contributed by atoms with Crippen LogP contribution in [-0.2, 0) is 14.6 Å². The van der Waals surface area contributed by atoms with E-state index in [4.69, 9.17) is 5.26 Å². The molecule has 1 aliphatic heterocycles. The Balaban J connectivity index is 2.82. The van der Waals surface area contributed by atoms with E-state index in [1.54, 1.807) is 0 Å². The lowest BCUT2D eigenvalue weighted by atomic mass is 9.82. The first-order valence-electron chi connectivity index (χ1n) is 5.82. The molecule has 0 N–H and O–H groups in total. The van der Waals surface area contributed by atoms with Crippen LogP contribution < -0.4 is 0 Å². The van der Waals surface area contributed by atoms with E-state index in [9.17, 15) is 13.2 Å². The Morgan fingerprint density at radius 3 is 2.12 bits per heavy atom. The molecule has 1 heterocycles. The number of hydrogen-bond acceptors (Lipinski definition) is 4. The Kier molecular flexibility index (Phi) is 4.15. The second-order valence-electron chi connectivity index (χ2n) is 4.35. The summed E-state index contributed by atoms with van der Waals surface area (Å²) in [5, 5.41) is 9.16. The van der Waals surface area contributed by atoms with Crippen LogP contribution in [0.15, 0.2) is 0 Å². The summed E-state index contributed by atoms with van der Waals surface area (Å²) in [6, 6.07) is 2.09. The number of rotatable bonds is 3. The zero-order valence-corrected chi connectivity index (χ0v) is 11.1. The molecule has 5 nitrogen and oxygen atoms in total. The lowest BCUT2D eigenvalue weighted by molar-refractivity contribution is -0.139. The minimum atomic E-state index is -2.99. The Labute approximate surface area is 102 Å². The lowest BCUT2D eigenvalue weighted by Gasteiger charge is -2.33. The molecule has 0 atom stereocenters. The van der Waals surface area contributed by atoms with Gasteiger partial charge in [-0.05, 0) is 12.8 Å². The molecule has 0 unspecified atom stereocenters. The summed E-state index contributed by atoms with van der Waals surface area (Å²) in [4.78, 5) is 13.7. The normalized spacial score (nSPS) is 19.7. The third-order valence-electron chi connectivity index (χ3n) is 3.46. The van der Waals surface area contributed by atoms with Crippen LogP contribution in [0.2, 0.25) is 0 Å². The average molecular weight is 258 g/mol. The van der Waals surface area contributed by atoms with Crippen molar-refractivity contribution < 1.29 is 13.2 Å². The van der Waals surface area contributed by atoms with Crippen LogP contribution in [0.4, 0.5) is 0 Å². The van der Waals surface area contributed by atoms with Gasteiger partial charge in [0.05, 0.1) is 17.6 Å². The number of carbonyl (C=O) groups is 1. The zero-order chi connectivity index (χ0) is 13.1. The first-order valence-corrected chi connectivity index (χ1v) is 7.64. The Morgan fingerprint density at radius 2 is 1.76 bits per heavy atom. The SMILES string of the molecule is CCC(C#N)(CC)C(=O)N1CCS(=O)(=O)CC1. The summed E-state index contributed by atoms with van der Waals surface area (Å²) in [5.41, 5.74) is -0.985. The van der Waals surface area contributed by atoms with Crippen LogP contribution >= 0.6 is 0 Å². The van der Waals surface area contributed by atoms with Crippen molar-refractivity contribution in [2.24, 2.45) is 5.41 Å². The average Bonchev–Trinajstić information content (AvgIpc) is 2.32. The van der Waals surface area contributed by atoms with Gasteiger partial charge in [-0.15, -0.1) is 0 Å². The maximum Gasteiger partial charge on any atom is 0.243 e. The molecule has 0 spiro atoms. The van der Waals surface area contributed by atoms with Crippen molar-refractivity contribution in [3.05, 3.63) is 0 Å². The molecular formula is C11H18N2O3S. The standard InChI is InChI=1S/C11H18N2O3S/c1-3-11(4-2,9-12)10(14)13-5-7-17(15,16)8-6-13/h3-8H2,1-2H3. The summed E-state index contributed by atoms with van der Waals surface area (Å²) in [6.45, 7) is 4.05. The first-order chi connectivity index (χ1) is 7.90. The molecule has 6 heteroatoms. The predicted molar refractivity (Wildman–Crippen MR) is 63.9 cm³/mol. The molecule has 1 fully saturated rings. The molecule has 1 rings (SSSR count). The zero-order valence-electron chi connectivity index (χ0n) is 10.3. The molecule has 0 aromatic heterocycles. The van der Waals surface area contributed by atoms with E-state index in [-0.39, 0.29) is 30.5 Å². The third-order valence-corrected chi connectivity index (χ3v) is 5.07. The number of amides is 1. The highest BCUT2D eigenvalue weighted by atomic mass is 32.2. The second kappa shape index (κ2) is 5.05. The number of nitriles is 1. The number of carbonyl (C=O) groups excluding carboxylic acids is 1. The fraction of sp³-hybridized carbons (Fsp3) is 0.818. The van der Waals surface area contributed by atoms with Crippen molar-refractivity contribution in [1.82, 2.24) is 4.90 Å². The van der Waals surface area contributed by atoms with Gasteiger partial charge in [0.25, 0.3) is 0 Å². The molecule has 0 aromatic carbocycles. The maximum absolute atomic E-state index is 12.2. The molecule has 1 amide bonds. The summed E-state index contributed by atoms with van der Waals surface area (Å²) < 4.78 is 22.5. The van der Waals surface area contributed by atoms with Crippen molar-refractivity contribution in [3.8, 4) is 6.07 Å². The molecule has 0 bridgehead atoms. The van der Waals surface area contributed by atoms with Gasteiger partial charge in [-0.3, -0.25) is 4.79 Å². The van der Waals surface area contributed by atoms with Crippen LogP contribution in [0.25, 0.3) is 0 Å². The topological polar surface area (TPSA) is 78.2 Å². The van der Waals surface area contributed by atoms with Gasteiger partial charge in [-0.25, -0.2) is 8.42 Å². The van der Waals surface area contributed by atoms with E-state index in [0.717, 1.165) is 0 Å². The monoisotopic (exact) mass is 258 g/mol. The summed E-state index contributed by atoms with van der Waals surface area (Å²) in [5.74, 6) is -0.207. The van der Waals surface area contributed by atoms with E-state index in [1.807, 2.05) is 13.8 Å². The molecular weight excluding hydrogens is 240 g/mol. The van der Waals surface area contributed by atoms with E-state index in [0.29, 0.717) is 12.8 Å². The van der Waals surface area contributed by atoms with Gasteiger partial charge in [0.1, 0.15) is 5.41 Å². The highest BCUT2D eigenvalue weighted by Crippen LogP contribution is 2.28. The van der Waals surface area contributed by atoms with Crippen molar-refractivity contribution >= 4 is 15.7 Å². The molecule has 1 aliphatic rings. The number of nitrogens with zero attached hydrogens (tertiary/aromatic N) is 2. The molecule has 0 aliphatic carbocycles. The molecule has 0 aromatic rings. The summed E-state index contributed by atoms with van der Waals surface area (Å²) in [7, 11) is -2.99. The molecule has 96 valence electrons. The lowest BCUT2D eigenvalue weighted by Crippen LogP contribution is -2.49. The van der Waals surface area contributed by atoms with Crippen LogP contribution in [-0.4, -0.2) is 43.8 Å². The van der Waals surface area contributed by atoms with Crippen molar-refractivity contribution in [1.29, 1.82) is 5.26 Å². The highest BCUT2D eigenvalue weighted by Gasteiger charge is 2.40. The third kappa shape index (κ3) is 2.78. The second-order valence-corrected chi connectivity index (χ2v) is 6.65. The quantitative estimate of drug-likeness (QED) is 0.741. The summed E-state index contributed by atoms with van der Waals surface area (Å²) in [6.07, 6.45) is 0.921. The summed E-state index contributed by atoms with van der Waals surface area (Å²) >= 11 is 0. The van der Waals surface area contributed by atoms with E-state index >= 15 is 0 Å². The van der Waals surface area contributed by atoms with Crippen LogP contribution in [0.3, 0.4) is 0 Å². The van der Waals surface area contributed by atoms with Gasteiger partial charge in [0.2, 0.25) is 5.91 Å². The van der Waals surface area contributed by atoms with Gasteiger partial charge in [0.15, 0.2) is 9.84 Å². The Bertz CT molecular complexity index is 418. The van der Waals surface area contributed by atoms with Crippen molar-refractivity contribution in [3.63, 3.8) is 0 Å². The fourth-order valence-corrected chi connectivity index (χ4v) is 3.18. The van der Waals surface area contributed by atoms with E-state index in [1.165, 1.54) is 4.90 Å². The molecule has 17 heavy (non-hydrogen) atoms. The Morgan fingerprint density at radius 1 is 1.29 bits per heavy atom. The molecule has 0 radical (unpaired) electrons. The van der Waals surface area contributed by atoms with E-state index < -0.39 is 15.3 Å². The first kappa shape index (κ1) is 14.0. The van der Waals surface area contributed by atoms with Crippen molar-refractivity contribution in [2.45, 2.75) is 26.7 Å². The maximum atomic E-state index is 12.2. The van der Waals surface area contributed by atoms with Crippen LogP contribution in [0.1, 0.15) is 26.7 Å².